The highest BCUT2D eigenvalue weighted by molar-refractivity contribution is 4.09. The van der Waals surface area contributed by atoms with Crippen molar-refractivity contribution in [3.8, 4) is 0 Å². The van der Waals surface area contributed by atoms with Crippen LogP contribution in [0.25, 0.3) is 0 Å². The van der Waals surface area contributed by atoms with Gasteiger partial charge >= 0.3 is 0 Å². The van der Waals surface area contributed by atoms with E-state index < -0.39 is 0 Å². The fourth-order valence-electron chi connectivity index (χ4n) is 0.403. The van der Waals surface area contributed by atoms with Crippen molar-refractivity contribution in [2.45, 2.75) is 6.92 Å². The lowest BCUT2D eigenvalue weighted by molar-refractivity contribution is -1.03. The fraction of sp³-hybridized carbons (Fsp3) is 1.00. The summed E-state index contributed by atoms with van der Waals surface area (Å²) in [6.07, 6.45) is 0. The van der Waals surface area contributed by atoms with E-state index in [4.69, 9.17) is 0 Å². The van der Waals surface area contributed by atoms with Crippen LogP contribution in [0.4, 0.5) is 0 Å². The van der Waals surface area contributed by atoms with Crippen molar-refractivity contribution in [2.24, 2.45) is 0 Å². The molecule has 0 aliphatic rings. The Morgan fingerprint density at radius 3 is 2.00 bits per heavy atom. The van der Waals surface area contributed by atoms with Gasteiger partial charge in [0, 0.05) is 0 Å². The molecule has 4 nitrogen and oxygen atoms in total. The van der Waals surface area contributed by atoms with E-state index in [1.807, 2.05) is 0 Å². The number of hydrogen-bond donors (Lipinski definition) is 2. The summed E-state index contributed by atoms with van der Waals surface area (Å²) in [6, 6.07) is 0. The van der Waals surface area contributed by atoms with E-state index in [2.05, 4.69) is 0 Å². The first-order valence-electron chi connectivity index (χ1n) is 2.68. The normalized spacial score (nSPS) is 18.0. The van der Waals surface area contributed by atoms with Crippen molar-refractivity contribution >= 4 is 0 Å². The van der Waals surface area contributed by atoms with E-state index >= 15 is 0 Å². The summed E-state index contributed by atoms with van der Waals surface area (Å²) in [5.41, 5.74) is 0. The van der Waals surface area contributed by atoms with E-state index in [1.165, 1.54) is 7.05 Å². The summed E-state index contributed by atoms with van der Waals surface area (Å²) in [7, 11) is 1.42. The molecule has 2 N–H and O–H groups in total. The van der Waals surface area contributed by atoms with E-state index in [-0.39, 0.29) is 16.8 Å². The van der Waals surface area contributed by atoms with Gasteiger partial charge in [0.25, 0.3) is 0 Å². The summed E-state index contributed by atoms with van der Waals surface area (Å²) in [5, 5.41) is 20.6. The second-order valence-electron chi connectivity index (χ2n) is 1.77. The van der Waals surface area contributed by atoms with Crippen LogP contribution in [0.1, 0.15) is 6.92 Å². The van der Waals surface area contributed by atoms with Crippen molar-refractivity contribution in [3.05, 3.63) is 10.4 Å². The molecule has 0 aliphatic carbocycles. The Balaban J connectivity index is 3.10. The Morgan fingerprint density at radius 1 is 1.38 bits per heavy atom. The highest BCUT2D eigenvalue weighted by atomic mass is 16.5. The molecule has 0 rings (SSSR count). The van der Waals surface area contributed by atoms with Crippen molar-refractivity contribution in [1.82, 2.24) is 0 Å². The van der Waals surface area contributed by atoms with Crippen molar-refractivity contribution in [3.63, 3.8) is 0 Å². The molecular formula is C4H12N2O2. The molecule has 8 heavy (non-hydrogen) atoms. The van der Waals surface area contributed by atoms with E-state index in [9.17, 15) is 10.4 Å². The van der Waals surface area contributed by atoms with E-state index in [1.54, 1.807) is 6.92 Å². The average molecular weight is 120 g/mol. The zero-order valence-electron chi connectivity index (χ0n) is 5.23. The molecule has 2 atom stereocenters. The van der Waals surface area contributed by atoms with Crippen LogP contribution in [-0.4, -0.2) is 20.3 Å². The minimum atomic E-state index is -0.0446. The molecule has 50 valence electrons. The minimum Gasteiger partial charge on any atom is -0.630 e. The molecule has 0 heterocycles. The zero-order valence-corrected chi connectivity index (χ0v) is 5.23. The van der Waals surface area contributed by atoms with Gasteiger partial charge in [-0.05, 0) is 6.92 Å². The smallest absolute Gasteiger partial charge is 0.203 e. The Labute approximate surface area is 48.9 Å². The first kappa shape index (κ1) is 7.84. The monoisotopic (exact) mass is 120 g/mol. The molecule has 0 radical (unpaired) electrons. The number of nitrogens with one attached hydrogen (secondary N) is 2. The first-order chi connectivity index (χ1) is 3.66. The Bertz CT molecular complexity index is 58.0. The topological polar surface area (TPSA) is 55.0 Å². The number of rotatable bonds is 3. The summed E-state index contributed by atoms with van der Waals surface area (Å²) < 4.78 is 0. The van der Waals surface area contributed by atoms with Gasteiger partial charge < -0.3 is 20.5 Å². The van der Waals surface area contributed by atoms with Crippen LogP contribution in [0.15, 0.2) is 0 Å². The quantitative estimate of drug-likeness (QED) is 0.316. The lowest BCUT2D eigenvalue weighted by Gasteiger charge is -2.25. The lowest BCUT2D eigenvalue weighted by Crippen LogP contribution is -3.25. The molecule has 0 fully saturated rings. The van der Waals surface area contributed by atoms with Gasteiger partial charge in [0.1, 0.15) is 0 Å². The summed E-state index contributed by atoms with van der Waals surface area (Å²) in [6.45, 7) is 2.33. The van der Waals surface area contributed by atoms with Gasteiger partial charge in [-0.15, -0.1) is 0 Å². The van der Waals surface area contributed by atoms with Crippen LogP contribution in [0.5, 0.6) is 0 Å². The summed E-state index contributed by atoms with van der Waals surface area (Å²) in [5.74, 6) is 0. The van der Waals surface area contributed by atoms with Gasteiger partial charge in [-0.1, -0.05) is 0 Å². The van der Waals surface area contributed by atoms with Gasteiger partial charge in [0.2, 0.25) is 6.67 Å². The maximum absolute atomic E-state index is 10.4. The third-order valence-electron chi connectivity index (χ3n) is 0.840. The SMILES string of the molecule is CC[NH+]([O-])C[NH+](C)[O-]. The molecule has 0 saturated carbocycles. The Hall–Kier alpha value is -0.160. The molecule has 0 amide bonds. The second kappa shape index (κ2) is 3.80. The van der Waals surface area contributed by atoms with Gasteiger partial charge in [0.05, 0.1) is 13.6 Å². The summed E-state index contributed by atoms with van der Waals surface area (Å²) >= 11 is 0. The fourth-order valence-corrected chi connectivity index (χ4v) is 0.403. The average Bonchev–Trinajstić information content (AvgIpc) is 1.65. The molecule has 2 unspecified atom stereocenters. The van der Waals surface area contributed by atoms with Crippen molar-refractivity contribution in [2.75, 3.05) is 20.3 Å². The molecule has 0 saturated heterocycles. The molecular weight excluding hydrogens is 108 g/mol. The van der Waals surface area contributed by atoms with Crippen LogP contribution in [0, 0.1) is 10.4 Å². The minimum absolute atomic E-state index is 0.0255. The van der Waals surface area contributed by atoms with E-state index in [0.29, 0.717) is 6.54 Å². The molecule has 0 bridgehead atoms. The highest BCUT2D eigenvalue weighted by Crippen LogP contribution is 1.33. The van der Waals surface area contributed by atoms with Crippen LogP contribution < -0.4 is 10.1 Å². The first-order valence-corrected chi connectivity index (χ1v) is 2.68. The molecule has 0 aromatic rings. The van der Waals surface area contributed by atoms with Crippen molar-refractivity contribution < 1.29 is 10.1 Å². The third-order valence-corrected chi connectivity index (χ3v) is 0.840. The zero-order chi connectivity index (χ0) is 6.57. The predicted octanol–water partition coefficient (Wildman–Crippen LogP) is -2.64. The van der Waals surface area contributed by atoms with Crippen LogP contribution in [0.2, 0.25) is 0 Å². The summed E-state index contributed by atoms with van der Waals surface area (Å²) in [4.78, 5) is 0. The Morgan fingerprint density at radius 2 is 1.88 bits per heavy atom. The second-order valence-corrected chi connectivity index (χ2v) is 1.77. The molecule has 0 spiro atoms. The largest absolute Gasteiger partial charge is 0.630 e. The van der Waals surface area contributed by atoms with Crippen LogP contribution >= 0.6 is 0 Å². The van der Waals surface area contributed by atoms with Gasteiger partial charge in [-0.3, -0.25) is 0 Å². The Kier molecular flexibility index (Phi) is 3.72. The van der Waals surface area contributed by atoms with Gasteiger partial charge in [-0.2, -0.15) is 0 Å². The predicted molar refractivity (Wildman–Crippen MR) is 30.0 cm³/mol. The van der Waals surface area contributed by atoms with Gasteiger partial charge in [-0.25, -0.2) is 0 Å². The lowest BCUT2D eigenvalue weighted by atomic mass is 10.7. The molecule has 0 aromatic carbocycles. The van der Waals surface area contributed by atoms with E-state index in [0.717, 1.165) is 0 Å². The standard InChI is InChI=1S/C4H12N2O2/c1-3-6(8)4-5(2)7/h5-6H,3-4H2,1-2H3. The maximum Gasteiger partial charge on any atom is 0.203 e. The third kappa shape index (κ3) is 4.01. The number of hydrogen-bond acceptors (Lipinski definition) is 2. The van der Waals surface area contributed by atoms with Crippen LogP contribution in [-0.2, 0) is 0 Å². The maximum atomic E-state index is 10.4. The number of quaternary nitrogens is 2. The molecule has 0 aliphatic heterocycles. The highest BCUT2D eigenvalue weighted by Gasteiger charge is 1.91. The number of hydroxylamine groups is 4. The van der Waals surface area contributed by atoms with Gasteiger partial charge in [0.15, 0.2) is 0 Å². The van der Waals surface area contributed by atoms with Crippen LogP contribution in [0.3, 0.4) is 0 Å². The van der Waals surface area contributed by atoms with Crippen molar-refractivity contribution in [1.29, 1.82) is 0 Å². The molecule has 0 aromatic heterocycles. The molecule has 4 heteroatoms.